The van der Waals surface area contributed by atoms with Crippen LogP contribution < -0.4 is 15.6 Å². The molecule has 0 atom stereocenters. The summed E-state index contributed by atoms with van der Waals surface area (Å²) in [6, 6.07) is 10.0. The number of aromatic nitrogens is 2. The summed E-state index contributed by atoms with van der Waals surface area (Å²) in [5.41, 5.74) is 1.43. The summed E-state index contributed by atoms with van der Waals surface area (Å²) < 4.78 is 6.21. The van der Waals surface area contributed by atoms with Gasteiger partial charge < -0.3 is 5.32 Å². The third-order valence-electron chi connectivity index (χ3n) is 2.38. The largest absolute Gasteiger partial charge is 0.431 e. The molecule has 0 radical (unpaired) electrons. The molecule has 1 aromatic heterocycles. The zero-order valence-corrected chi connectivity index (χ0v) is 9.06. The average Bonchev–Trinajstić information content (AvgIpc) is 2.62. The second kappa shape index (κ2) is 4.76. The summed E-state index contributed by atoms with van der Waals surface area (Å²) >= 11 is 0. The van der Waals surface area contributed by atoms with Gasteiger partial charge >= 0.3 is 11.3 Å². The van der Waals surface area contributed by atoms with E-state index in [-0.39, 0.29) is 5.63 Å². The highest BCUT2D eigenvalue weighted by Gasteiger charge is 2.15. The first kappa shape index (κ1) is 10.6. The van der Waals surface area contributed by atoms with Gasteiger partial charge in [0.25, 0.3) is 0 Å². The van der Waals surface area contributed by atoms with E-state index in [4.69, 9.17) is 0 Å². The van der Waals surface area contributed by atoms with E-state index in [1.54, 1.807) is 11.7 Å². The highest BCUT2D eigenvalue weighted by molar-refractivity contribution is 5.14. The van der Waals surface area contributed by atoms with Crippen molar-refractivity contribution in [2.45, 2.75) is 13.1 Å². The summed E-state index contributed by atoms with van der Waals surface area (Å²) in [6.45, 7) is 1.21. The Bertz CT molecular complexity index is 501. The van der Waals surface area contributed by atoms with Gasteiger partial charge in [0.2, 0.25) is 0 Å². The van der Waals surface area contributed by atoms with E-state index in [1.807, 2.05) is 30.3 Å². The van der Waals surface area contributed by atoms with Crippen molar-refractivity contribution >= 4 is 0 Å². The second-order valence-electron chi connectivity index (χ2n) is 3.58. The minimum Gasteiger partial charge on any atom is -0.303 e. The van der Waals surface area contributed by atoms with Gasteiger partial charge in [0.1, 0.15) is 0 Å². The number of aryl methyl sites for hydroxylation is 1. The molecule has 2 rings (SSSR count). The number of nitrogens with one attached hydrogen (secondary N) is 2. The van der Waals surface area contributed by atoms with Crippen LogP contribution in [0.3, 0.4) is 0 Å². The Hall–Kier alpha value is -1.88. The number of H-pyrrole nitrogens is 1. The summed E-state index contributed by atoms with van der Waals surface area (Å²) in [6.07, 6.45) is 0. The fourth-order valence-electron chi connectivity index (χ4n) is 1.47. The van der Waals surface area contributed by atoms with Crippen LogP contribution in [0, 0.1) is 0 Å². The first-order valence-corrected chi connectivity index (χ1v) is 5.08. The highest BCUT2D eigenvalue weighted by atomic mass is 16.5. The molecule has 0 aliphatic heterocycles. The van der Waals surface area contributed by atoms with Crippen LogP contribution in [0.5, 0.6) is 0 Å². The maximum absolute atomic E-state index is 11.2. The first-order chi connectivity index (χ1) is 7.77. The van der Waals surface area contributed by atoms with E-state index in [9.17, 15) is 4.79 Å². The Balaban J connectivity index is 1.92. The van der Waals surface area contributed by atoms with Crippen LogP contribution in [0.1, 0.15) is 11.3 Å². The molecule has 0 aliphatic carbocycles. The molecule has 5 nitrogen and oxygen atoms in total. The van der Waals surface area contributed by atoms with Crippen LogP contribution >= 0.6 is 0 Å². The lowest BCUT2D eigenvalue weighted by atomic mass is 10.2. The molecule has 0 saturated heterocycles. The molecule has 16 heavy (non-hydrogen) atoms. The number of hydrogen-bond donors (Lipinski definition) is 2. The van der Waals surface area contributed by atoms with Crippen LogP contribution in [0.4, 0.5) is 0 Å². The fraction of sp³-hybridized carbons (Fsp3) is 0.273. The molecule has 2 aromatic rings. The van der Waals surface area contributed by atoms with Gasteiger partial charge in [-0.25, -0.2) is 4.79 Å². The molecule has 0 amide bonds. The number of benzene rings is 1. The maximum atomic E-state index is 11.2. The molecule has 1 aromatic carbocycles. The van der Waals surface area contributed by atoms with Crippen LogP contribution in [-0.2, 0) is 20.1 Å². The van der Waals surface area contributed by atoms with Crippen molar-refractivity contribution in [3.05, 3.63) is 52.0 Å². The molecule has 0 fully saturated rings. The monoisotopic (exact) mass is 220 g/mol. The molecule has 84 valence electrons. The number of hydrogen-bond acceptors (Lipinski definition) is 3. The third kappa shape index (κ3) is 2.38. The molecular formula is C11H14N3O2+. The van der Waals surface area contributed by atoms with E-state index in [0.717, 1.165) is 6.54 Å². The molecule has 0 saturated carbocycles. The molecule has 0 spiro atoms. The van der Waals surface area contributed by atoms with E-state index in [1.165, 1.54) is 5.56 Å². The molecular weight excluding hydrogens is 206 g/mol. The topological polar surface area (TPSA) is 61.9 Å². The van der Waals surface area contributed by atoms with E-state index < -0.39 is 0 Å². The summed E-state index contributed by atoms with van der Waals surface area (Å²) in [5.74, 6) is 0. The molecule has 1 heterocycles. The molecule has 0 aliphatic rings. The minimum atomic E-state index is -0.330. The minimum absolute atomic E-state index is 0.330. The SMILES string of the molecule is C[n+]1[nH]oc(=O)c1CNCc1ccccc1. The molecule has 5 heteroatoms. The Morgan fingerprint density at radius 2 is 2.06 bits per heavy atom. The first-order valence-electron chi connectivity index (χ1n) is 5.08. The molecule has 0 unspecified atom stereocenters. The smallest absolute Gasteiger partial charge is 0.303 e. The summed E-state index contributed by atoms with van der Waals surface area (Å²) in [7, 11) is 1.74. The lowest BCUT2D eigenvalue weighted by molar-refractivity contribution is -0.746. The van der Waals surface area contributed by atoms with Crippen molar-refractivity contribution in [2.24, 2.45) is 7.05 Å². The Kier molecular flexibility index (Phi) is 3.16. The Morgan fingerprint density at radius 1 is 1.31 bits per heavy atom. The van der Waals surface area contributed by atoms with Gasteiger partial charge in [-0.05, 0) is 10.8 Å². The standard InChI is InChI=1S/C11H13N3O2/c1-14-10(11(15)16-13-14)8-12-7-9-5-3-2-4-6-9/h2-6,12H,7-8H2,1H3/p+1. The van der Waals surface area contributed by atoms with Gasteiger partial charge in [-0.1, -0.05) is 35.0 Å². The Labute approximate surface area is 92.7 Å². The van der Waals surface area contributed by atoms with Crippen LogP contribution in [0.2, 0.25) is 0 Å². The molecule has 2 N–H and O–H groups in total. The van der Waals surface area contributed by atoms with Gasteiger partial charge in [-0.2, -0.15) is 0 Å². The van der Waals surface area contributed by atoms with Gasteiger partial charge in [0, 0.05) is 6.54 Å². The van der Waals surface area contributed by atoms with Crippen LogP contribution in [0.15, 0.2) is 39.6 Å². The quantitative estimate of drug-likeness (QED) is 0.717. The highest BCUT2D eigenvalue weighted by Crippen LogP contribution is 1.97. The Morgan fingerprint density at radius 3 is 2.69 bits per heavy atom. The van der Waals surface area contributed by atoms with Gasteiger partial charge in [-0.15, -0.1) is 0 Å². The van der Waals surface area contributed by atoms with Crippen molar-refractivity contribution in [1.82, 2.24) is 10.6 Å². The molecule has 0 bridgehead atoms. The van der Waals surface area contributed by atoms with Crippen molar-refractivity contribution in [2.75, 3.05) is 0 Å². The van der Waals surface area contributed by atoms with Crippen LogP contribution in [-0.4, -0.2) is 5.27 Å². The lowest BCUT2D eigenvalue weighted by Crippen LogP contribution is -2.38. The van der Waals surface area contributed by atoms with E-state index >= 15 is 0 Å². The predicted molar refractivity (Wildman–Crippen MR) is 57.5 cm³/mol. The fourth-order valence-corrected chi connectivity index (χ4v) is 1.47. The van der Waals surface area contributed by atoms with E-state index in [2.05, 4.69) is 15.1 Å². The van der Waals surface area contributed by atoms with Crippen LogP contribution in [0.25, 0.3) is 0 Å². The lowest BCUT2D eigenvalue weighted by Gasteiger charge is -2.00. The predicted octanol–water partition coefficient (Wildman–Crippen LogP) is 0.0822. The summed E-state index contributed by atoms with van der Waals surface area (Å²) in [4.78, 5) is 11.2. The second-order valence-corrected chi connectivity index (χ2v) is 3.58. The van der Waals surface area contributed by atoms with Crippen molar-refractivity contribution in [3.8, 4) is 0 Å². The summed E-state index contributed by atoms with van der Waals surface area (Å²) in [5, 5.41) is 5.66. The van der Waals surface area contributed by atoms with Crippen molar-refractivity contribution in [1.29, 1.82) is 0 Å². The van der Waals surface area contributed by atoms with E-state index in [0.29, 0.717) is 12.2 Å². The number of rotatable bonds is 4. The average molecular weight is 220 g/mol. The van der Waals surface area contributed by atoms with Crippen molar-refractivity contribution < 1.29 is 9.20 Å². The number of aromatic amines is 1. The normalized spacial score (nSPS) is 10.6. The van der Waals surface area contributed by atoms with Gasteiger partial charge in [0.05, 0.1) is 6.54 Å². The van der Waals surface area contributed by atoms with Gasteiger partial charge in [0.15, 0.2) is 7.05 Å². The zero-order chi connectivity index (χ0) is 11.4. The van der Waals surface area contributed by atoms with Gasteiger partial charge in [-0.3, -0.25) is 4.52 Å². The maximum Gasteiger partial charge on any atom is 0.431 e. The van der Waals surface area contributed by atoms with Crippen molar-refractivity contribution in [3.63, 3.8) is 0 Å². The number of nitrogens with zero attached hydrogens (tertiary/aromatic N) is 1. The third-order valence-corrected chi connectivity index (χ3v) is 2.38. The zero-order valence-electron chi connectivity index (χ0n) is 9.06.